The van der Waals surface area contributed by atoms with E-state index in [0.717, 1.165) is 25.0 Å². The lowest BCUT2D eigenvalue weighted by Gasteiger charge is -2.23. The van der Waals surface area contributed by atoms with E-state index in [1.165, 1.54) is 18.6 Å². The van der Waals surface area contributed by atoms with Crippen molar-refractivity contribution in [1.82, 2.24) is 24.8 Å². The highest BCUT2D eigenvalue weighted by molar-refractivity contribution is 7.92. The van der Waals surface area contributed by atoms with Crippen LogP contribution in [0.1, 0.15) is 0 Å². The fraction of sp³-hybridized carbons (Fsp3) is 0.280. The van der Waals surface area contributed by atoms with Crippen LogP contribution in [0.5, 0.6) is 5.75 Å². The molecule has 4 rings (SSSR count). The summed E-state index contributed by atoms with van der Waals surface area (Å²) in [6, 6.07) is 9.20. The molecular weight excluding hydrogens is 542 g/mol. The molecule has 0 saturated carbocycles. The summed E-state index contributed by atoms with van der Waals surface area (Å²) in [6.45, 7) is 1.77. The normalized spacial score (nSPS) is 11.5. The SMILES string of the molecule is COc1cc(N(C)CCN(C)C)ccc1Nc1ncc(Cl)c(Nc2ccc3nccnc3c2NS(C)(=O)=O)n1. The van der Waals surface area contributed by atoms with Crippen LogP contribution in [0.25, 0.3) is 11.0 Å². The third-order valence-corrected chi connectivity index (χ3v) is 6.53. The summed E-state index contributed by atoms with van der Waals surface area (Å²) in [5, 5.41) is 6.50. The lowest BCUT2D eigenvalue weighted by molar-refractivity contribution is 0.413. The maximum atomic E-state index is 12.1. The van der Waals surface area contributed by atoms with Gasteiger partial charge in [-0.05, 0) is 38.4 Å². The van der Waals surface area contributed by atoms with Crippen molar-refractivity contribution in [3.05, 3.63) is 53.9 Å². The van der Waals surface area contributed by atoms with Gasteiger partial charge in [-0.1, -0.05) is 11.6 Å². The van der Waals surface area contributed by atoms with Crippen molar-refractivity contribution in [2.24, 2.45) is 0 Å². The Morgan fingerprint density at radius 1 is 0.974 bits per heavy atom. The molecule has 0 aliphatic carbocycles. The van der Waals surface area contributed by atoms with E-state index in [2.05, 4.69) is 45.1 Å². The van der Waals surface area contributed by atoms with Crippen LogP contribution in [0.2, 0.25) is 5.02 Å². The fourth-order valence-electron chi connectivity index (χ4n) is 3.69. The Bertz CT molecular complexity index is 1580. The number of nitrogens with zero attached hydrogens (tertiary/aromatic N) is 6. The van der Waals surface area contributed by atoms with Gasteiger partial charge in [-0.15, -0.1) is 0 Å². The van der Waals surface area contributed by atoms with Crippen molar-refractivity contribution in [3.63, 3.8) is 0 Å². The summed E-state index contributed by atoms with van der Waals surface area (Å²) in [6.07, 6.45) is 5.52. The molecule has 2 aromatic carbocycles. The summed E-state index contributed by atoms with van der Waals surface area (Å²) in [4.78, 5) is 21.6. The summed E-state index contributed by atoms with van der Waals surface area (Å²) < 4.78 is 32.3. The first-order valence-electron chi connectivity index (χ1n) is 11.9. The molecule has 4 aromatic rings. The highest BCUT2D eigenvalue weighted by atomic mass is 35.5. The number of hydrogen-bond donors (Lipinski definition) is 3. The van der Waals surface area contributed by atoms with Gasteiger partial charge in [0.15, 0.2) is 5.82 Å². The Labute approximate surface area is 232 Å². The van der Waals surface area contributed by atoms with E-state index in [-0.39, 0.29) is 22.5 Å². The lowest BCUT2D eigenvalue weighted by atomic mass is 10.2. The minimum atomic E-state index is -3.62. The topological polar surface area (TPSA) is 138 Å². The molecule has 12 nitrogen and oxygen atoms in total. The fourth-order valence-corrected chi connectivity index (χ4v) is 4.41. The highest BCUT2D eigenvalue weighted by Crippen LogP contribution is 2.35. The monoisotopic (exact) mass is 571 g/mol. The summed E-state index contributed by atoms with van der Waals surface area (Å²) >= 11 is 6.40. The van der Waals surface area contributed by atoms with Gasteiger partial charge in [-0.3, -0.25) is 14.7 Å². The van der Waals surface area contributed by atoms with Gasteiger partial charge in [0, 0.05) is 44.3 Å². The number of anilines is 6. The van der Waals surface area contributed by atoms with Crippen molar-refractivity contribution in [2.45, 2.75) is 0 Å². The maximum absolute atomic E-state index is 12.1. The minimum Gasteiger partial charge on any atom is -0.494 e. The number of hydrogen-bond acceptors (Lipinski definition) is 11. The number of benzene rings is 2. The van der Waals surface area contributed by atoms with Gasteiger partial charge < -0.3 is 25.2 Å². The molecule has 0 amide bonds. The zero-order chi connectivity index (χ0) is 28.2. The molecule has 0 fully saturated rings. The Hall–Kier alpha value is -3.94. The molecule has 0 spiro atoms. The third kappa shape index (κ3) is 7.13. The number of rotatable bonds is 11. The first-order chi connectivity index (χ1) is 18.5. The largest absolute Gasteiger partial charge is 0.494 e. The van der Waals surface area contributed by atoms with E-state index in [9.17, 15) is 8.42 Å². The number of nitrogens with one attached hydrogen (secondary N) is 3. The molecule has 0 atom stereocenters. The molecule has 206 valence electrons. The van der Waals surface area contributed by atoms with Crippen LogP contribution in [0.3, 0.4) is 0 Å². The number of sulfonamides is 1. The molecule has 0 unspecified atom stereocenters. The molecule has 39 heavy (non-hydrogen) atoms. The predicted molar refractivity (Wildman–Crippen MR) is 156 cm³/mol. The van der Waals surface area contributed by atoms with Crippen LogP contribution >= 0.6 is 11.6 Å². The quantitative estimate of drug-likeness (QED) is 0.241. The molecule has 0 aliphatic rings. The number of likely N-dealkylation sites (N-methyl/N-ethyl adjacent to an activating group) is 2. The average molecular weight is 572 g/mol. The van der Waals surface area contributed by atoms with Crippen molar-refractivity contribution in [1.29, 1.82) is 0 Å². The van der Waals surface area contributed by atoms with E-state index in [1.807, 2.05) is 39.3 Å². The third-order valence-electron chi connectivity index (χ3n) is 5.68. The standard InChI is InChI=1S/C25H30ClN9O3S/c1-34(2)12-13-35(3)16-6-7-18(21(14-16)38-4)31-25-29-15-17(26)24(32-25)30-20-9-8-19-22(28-11-10-27-19)23(20)33-39(5,36)37/h6-11,14-15,33H,12-13H2,1-5H3,(H2,29,30,31,32). The van der Waals surface area contributed by atoms with E-state index >= 15 is 0 Å². The summed E-state index contributed by atoms with van der Waals surface area (Å²) in [5.74, 6) is 1.13. The van der Waals surface area contributed by atoms with Crippen LogP contribution in [0, 0.1) is 0 Å². The minimum absolute atomic E-state index is 0.225. The van der Waals surface area contributed by atoms with Gasteiger partial charge in [0.05, 0.1) is 42.1 Å². The smallest absolute Gasteiger partial charge is 0.229 e. The Morgan fingerprint density at radius 2 is 1.72 bits per heavy atom. The second-order valence-electron chi connectivity index (χ2n) is 9.04. The zero-order valence-corrected chi connectivity index (χ0v) is 23.8. The van der Waals surface area contributed by atoms with Crippen molar-refractivity contribution in [2.75, 3.05) is 67.9 Å². The van der Waals surface area contributed by atoms with Gasteiger partial charge in [0.1, 0.15) is 16.3 Å². The Morgan fingerprint density at radius 3 is 2.44 bits per heavy atom. The van der Waals surface area contributed by atoms with Crippen molar-refractivity contribution in [3.8, 4) is 5.75 Å². The number of aromatic nitrogens is 4. The van der Waals surface area contributed by atoms with Crippen LogP contribution in [-0.4, -0.2) is 80.9 Å². The van der Waals surface area contributed by atoms with Crippen LogP contribution < -0.4 is 25.0 Å². The second-order valence-corrected chi connectivity index (χ2v) is 11.2. The second kappa shape index (κ2) is 11.8. The number of fused-ring (bicyclic) bond motifs is 1. The first kappa shape index (κ1) is 28.1. The van der Waals surface area contributed by atoms with Gasteiger partial charge in [0.2, 0.25) is 16.0 Å². The zero-order valence-electron chi connectivity index (χ0n) is 22.2. The van der Waals surface area contributed by atoms with E-state index in [0.29, 0.717) is 28.2 Å². The van der Waals surface area contributed by atoms with Gasteiger partial charge >= 0.3 is 0 Å². The summed E-state index contributed by atoms with van der Waals surface area (Å²) in [7, 11) is 4.07. The van der Waals surface area contributed by atoms with Gasteiger partial charge in [-0.25, -0.2) is 13.4 Å². The predicted octanol–water partition coefficient (Wildman–Crippen LogP) is 3.94. The van der Waals surface area contributed by atoms with Crippen LogP contribution in [-0.2, 0) is 10.0 Å². The van der Waals surface area contributed by atoms with Gasteiger partial charge in [0.25, 0.3) is 0 Å². The molecule has 2 aromatic heterocycles. The Balaban J connectivity index is 1.62. The molecule has 0 saturated heterocycles. The lowest BCUT2D eigenvalue weighted by Crippen LogP contribution is -2.28. The molecule has 3 N–H and O–H groups in total. The number of methoxy groups -OCH3 is 1. The van der Waals surface area contributed by atoms with Crippen LogP contribution in [0.4, 0.5) is 34.5 Å². The van der Waals surface area contributed by atoms with Crippen LogP contribution in [0.15, 0.2) is 48.9 Å². The Kier molecular flexibility index (Phi) is 8.53. The summed E-state index contributed by atoms with van der Waals surface area (Å²) in [5.41, 5.74) is 3.18. The molecule has 0 bridgehead atoms. The van der Waals surface area contributed by atoms with E-state index < -0.39 is 10.0 Å². The molecular formula is C25H30ClN9O3S. The first-order valence-corrected chi connectivity index (χ1v) is 14.1. The van der Waals surface area contributed by atoms with Crippen molar-refractivity contribution >= 4 is 67.2 Å². The van der Waals surface area contributed by atoms with Gasteiger partial charge in [-0.2, -0.15) is 4.98 Å². The molecule has 0 radical (unpaired) electrons. The number of halogens is 1. The van der Waals surface area contributed by atoms with Crippen molar-refractivity contribution < 1.29 is 13.2 Å². The highest BCUT2D eigenvalue weighted by Gasteiger charge is 2.17. The molecule has 14 heteroatoms. The maximum Gasteiger partial charge on any atom is 0.229 e. The molecule has 0 aliphatic heterocycles. The van der Waals surface area contributed by atoms with E-state index in [1.54, 1.807) is 19.2 Å². The molecule has 2 heterocycles. The number of ether oxygens (including phenoxy) is 1. The average Bonchev–Trinajstić information content (AvgIpc) is 2.90. The van der Waals surface area contributed by atoms with E-state index in [4.69, 9.17) is 16.3 Å².